The van der Waals surface area contributed by atoms with Gasteiger partial charge >= 0.3 is 6.18 Å². The van der Waals surface area contributed by atoms with Crippen molar-refractivity contribution in [2.45, 2.75) is 39.0 Å². The van der Waals surface area contributed by atoms with Crippen LogP contribution in [0.25, 0.3) is 5.69 Å². The number of thiocarbonyl (C=S) groups is 1. The molecule has 1 N–H and O–H groups in total. The minimum atomic E-state index is -4.39. The Morgan fingerprint density at radius 2 is 1.87 bits per heavy atom. The highest BCUT2D eigenvalue weighted by Gasteiger charge is 2.40. The van der Waals surface area contributed by atoms with E-state index in [1.54, 1.807) is 12.3 Å². The van der Waals surface area contributed by atoms with Crippen molar-refractivity contribution in [3.05, 3.63) is 82.9 Å². The number of benzene rings is 1. The number of aromatic nitrogens is 2. The average Bonchev–Trinajstić information content (AvgIpc) is 3.23. The SMILES string of the molecule is CCN1C(=S)N[C@@H](c2ccccn2)[C@@H]1c1cc(C)n(-c2cccc(C(F)(F)F)c2)c1C. The van der Waals surface area contributed by atoms with Crippen LogP contribution >= 0.6 is 12.2 Å². The minimum Gasteiger partial charge on any atom is -0.352 e. The van der Waals surface area contributed by atoms with Crippen molar-refractivity contribution in [1.29, 1.82) is 0 Å². The second-order valence-electron chi connectivity index (χ2n) is 7.62. The molecule has 0 saturated carbocycles. The lowest BCUT2D eigenvalue weighted by Gasteiger charge is -2.27. The Labute approximate surface area is 184 Å². The molecule has 2 atom stereocenters. The van der Waals surface area contributed by atoms with Gasteiger partial charge in [0, 0.05) is 29.8 Å². The van der Waals surface area contributed by atoms with E-state index in [9.17, 15) is 13.2 Å². The Bertz CT molecular complexity index is 1110. The number of pyridine rings is 1. The Morgan fingerprint density at radius 1 is 1.10 bits per heavy atom. The van der Waals surface area contributed by atoms with E-state index in [1.807, 2.05) is 49.6 Å². The van der Waals surface area contributed by atoms with Crippen molar-refractivity contribution >= 4 is 17.3 Å². The number of nitrogens with one attached hydrogen (secondary N) is 1. The van der Waals surface area contributed by atoms with E-state index >= 15 is 0 Å². The molecule has 8 heteroatoms. The van der Waals surface area contributed by atoms with Crippen LogP contribution in [0.2, 0.25) is 0 Å². The smallest absolute Gasteiger partial charge is 0.352 e. The van der Waals surface area contributed by atoms with Crippen molar-refractivity contribution in [2.24, 2.45) is 0 Å². The Kier molecular flexibility index (Phi) is 5.51. The molecule has 1 saturated heterocycles. The van der Waals surface area contributed by atoms with Gasteiger partial charge < -0.3 is 14.8 Å². The lowest BCUT2D eigenvalue weighted by atomic mass is 9.97. The third-order valence-electron chi connectivity index (χ3n) is 5.76. The van der Waals surface area contributed by atoms with Gasteiger partial charge in [0.1, 0.15) is 0 Å². The van der Waals surface area contributed by atoms with Crippen LogP contribution < -0.4 is 5.32 Å². The minimum absolute atomic E-state index is 0.113. The highest BCUT2D eigenvalue weighted by atomic mass is 32.1. The maximum absolute atomic E-state index is 13.3. The maximum Gasteiger partial charge on any atom is 0.416 e. The van der Waals surface area contributed by atoms with E-state index < -0.39 is 11.7 Å². The number of likely N-dealkylation sites (N-methyl/N-ethyl adjacent to an activating group) is 1. The summed E-state index contributed by atoms with van der Waals surface area (Å²) in [5.41, 5.74) is 3.45. The summed E-state index contributed by atoms with van der Waals surface area (Å²) in [7, 11) is 0. The number of hydrogen-bond acceptors (Lipinski definition) is 2. The van der Waals surface area contributed by atoms with Crippen LogP contribution in [0.15, 0.2) is 54.7 Å². The molecule has 0 bridgehead atoms. The first kappa shape index (κ1) is 21.4. The lowest BCUT2D eigenvalue weighted by molar-refractivity contribution is -0.137. The third-order valence-corrected chi connectivity index (χ3v) is 6.11. The number of aryl methyl sites for hydroxylation is 1. The maximum atomic E-state index is 13.3. The predicted molar refractivity (Wildman–Crippen MR) is 118 cm³/mol. The fourth-order valence-electron chi connectivity index (χ4n) is 4.39. The van der Waals surface area contributed by atoms with Gasteiger partial charge in [-0.15, -0.1) is 0 Å². The molecule has 1 aliphatic rings. The number of hydrogen-bond donors (Lipinski definition) is 1. The highest BCUT2D eigenvalue weighted by molar-refractivity contribution is 7.80. The van der Waals surface area contributed by atoms with Crippen LogP contribution in [0, 0.1) is 13.8 Å². The van der Waals surface area contributed by atoms with Gasteiger partial charge in [-0.1, -0.05) is 12.1 Å². The lowest BCUT2D eigenvalue weighted by Crippen LogP contribution is -2.29. The molecule has 0 amide bonds. The molecule has 162 valence electrons. The van der Waals surface area contributed by atoms with Crippen LogP contribution in [-0.2, 0) is 6.18 Å². The van der Waals surface area contributed by atoms with Crippen molar-refractivity contribution in [1.82, 2.24) is 19.8 Å². The van der Waals surface area contributed by atoms with Gasteiger partial charge in [0.05, 0.1) is 23.3 Å². The normalized spacial score (nSPS) is 19.0. The standard InChI is InChI=1S/C23H23F3N4S/c1-4-29-21(20(28-22(29)31)19-10-5-6-11-27-19)18-12-14(2)30(15(18)3)17-9-7-8-16(13-17)23(24,25)26/h5-13,20-21H,4H2,1-3H3,(H,28,31)/t20-,21-/m0/s1. The summed E-state index contributed by atoms with van der Waals surface area (Å²) in [6.07, 6.45) is -2.64. The first-order valence-corrected chi connectivity index (χ1v) is 10.5. The Balaban J connectivity index is 1.83. The first-order chi connectivity index (χ1) is 14.7. The fourth-order valence-corrected chi connectivity index (χ4v) is 4.76. The van der Waals surface area contributed by atoms with Gasteiger partial charge in [-0.3, -0.25) is 4.98 Å². The van der Waals surface area contributed by atoms with Crippen molar-refractivity contribution in [3.63, 3.8) is 0 Å². The summed E-state index contributed by atoms with van der Waals surface area (Å²) in [6, 6.07) is 13.0. The van der Waals surface area contributed by atoms with Crippen LogP contribution in [0.1, 0.15) is 47.2 Å². The Hall–Kier alpha value is -2.87. The quantitative estimate of drug-likeness (QED) is 0.539. The van der Waals surface area contributed by atoms with Gasteiger partial charge in [-0.25, -0.2) is 0 Å². The molecule has 0 spiro atoms. The van der Waals surface area contributed by atoms with Crippen LogP contribution in [-0.4, -0.2) is 26.1 Å². The molecule has 4 rings (SSSR count). The van der Waals surface area contributed by atoms with E-state index in [2.05, 4.69) is 15.2 Å². The molecule has 1 aliphatic heterocycles. The van der Waals surface area contributed by atoms with Crippen LogP contribution in [0.3, 0.4) is 0 Å². The average molecular weight is 445 g/mol. The van der Waals surface area contributed by atoms with Crippen LogP contribution in [0.5, 0.6) is 0 Å². The molecular weight excluding hydrogens is 421 g/mol. The van der Waals surface area contributed by atoms with Gasteiger partial charge in [-0.2, -0.15) is 13.2 Å². The summed E-state index contributed by atoms with van der Waals surface area (Å²) in [5.74, 6) is 0. The second-order valence-corrected chi connectivity index (χ2v) is 8.01. The zero-order valence-corrected chi connectivity index (χ0v) is 18.3. The number of nitrogens with zero attached hydrogens (tertiary/aromatic N) is 3. The molecule has 2 aromatic heterocycles. The molecule has 4 nitrogen and oxygen atoms in total. The largest absolute Gasteiger partial charge is 0.416 e. The summed E-state index contributed by atoms with van der Waals surface area (Å²) < 4.78 is 41.7. The molecule has 0 unspecified atom stereocenters. The monoisotopic (exact) mass is 444 g/mol. The number of alkyl halides is 3. The van der Waals surface area contributed by atoms with Crippen LogP contribution in [0.4, 0.5) is 13.2 Å². The number of halogens is 3. The molecule has 31 heavy (non-hydrogen) atoms. The molecule has 3 aromatic rings. The molecule has 0 radical (unpaired) electrons. The molecule has 3 heterocycles. The van der Waals surface area contributed by atoms with E-state index in [1.165, 1.54) is 12.1 Å². The van der Waals surface area contributed by atoms with Gasteiger partial charge in [0.25, 0.3) is 0 Å². The van der Waals surface area contributed by atoms with Crippen molar-refractivity contribution in [3.8, 4) is 5.69 Å². The molecule has 1 aromatic carbocycles. The zero-order valence-electron chi connectivity index (χ0n) is 17.4. The summed E-state index contributed by atoms with van der Waals surface area (Å²) >= 11 is 5.58. The van der Waals surface area contributed by atoms with Gasteiger partial charge in [0.15, 0.2) is 5.11 Å². The number of rotatable bonds is 4. The summed E-state index contributed by atoms with van der Waals surface area (Å²) in [4.78, 5) is 6.62. The fraction of sp³-hybridized carbons (Fsp3) is 0.304. The Morgan fingerprint density at radius 3 is 2.52 bits per heavy atom. The predicted octanol–water partition coefficient (Wildman–Crippen LogP) is 5.50. The summed E-state index contributed by atoms with van der Waals surface area (Å²) in [6.45, 7) is 6.58. The molecular formula is C23H23F3N4S. The van der Waals surface area contributed by atoms with E-state index in [-0.39, 0.29) is 12.1 Å². The first-order valence-electron chi connectivity index (χ1n) is 10.1. The van der Waals surface area contributed by atoms with Crippen molar-refractivity contribution in [2.75, 3.05) is 6.54 Å². The van der Waals surface area contributed by atoms with Gasteiger partial charge in [0.2, 0.25) is 0 Å². The summed E-state index contributed by atoms with van der Waals surface area (Å²) in [5, 5.41) is 4.03. The van der Waals surface area contributed by atoms with E-state index in [0.717, 1.165) is 28.7 Å². The van der Waals surface area contributed by atoms with E-state index in [0.29, 0.717) is 17.3 Å². The zero-order chi connectivity index (χ0) is 22.3. The van der Waals surface area contributed by atoms with E-state index in [4.69, 9.17) is 12.2 Å². The third kappa shape index (κ3) is 3.80. The molecule has 1 fully saturated rings. The molecule has 0 aliphatic carbocycles. The van der Waals surface area contributed by atoms with Gasteiger partial charge in [-0.05, 0) is 75.0 Å². The second kappa shape index (κ2) is 8.00. The van der Waals surface area contributed by atoms with Crippen molar-refractivity contribution < 1.29 is 13.2 Å². The highest BCUT2D eigenvalue weighted by Crippen LogP contribution is 2.41. The topological polar surface area (TPSA) is 33.1 Å².